The van der Waals surface area contributed by atoms with E-state index in [1.165, 1.54) is 142 Å². The molecule has 13 aliphatic rings. The third-order valence-corrected chi connectivity index (χ3v) is 26.0. The van der Waals surface area contributed by atoms with E-state index in [1.807, 2.05) is 0 Å². The summed E-state index contributed by atoms with van der Waals surface area (Å²) in [5.74, 6) is 7.10. The summed E-state index contributed by atoms with van der Waals surface area (Å²) in [6.45, 7) is 5.57. The molecule has 3 aliphatic heterocycles. The number of rotatable bonds is 4. The zero-order valence-corrected chi connectivity index (χ0v) is 41.2. The lowest BCUT2D eigenvalue weighted by atomic mass is 9.48. The van der Waals surface area contributed by atoms with E-state index in [1.54, 1.807) is 49.7 Å². The van der Waals surface area contributed by atoms with Crippen molar-refractivity contribution in [1.29, 1.82) is 0 Å². The van der Waals surface area contributed by atoms with Gasteiger partial charge in [0.2, 0.25) is 0 Å². The lowest BCUT2D eigenvalue weighted by Crippen LogP contribution is -2.64. The van der Waals surface area contributed by atoms with Gasteiger partial charge in [-0.2, -0.15) is 0 Å². The normalized spacial score (nSPS) is 40.5. The van der Waals surface area contributed by atoms with Crippen molar-refractivity contribution < 1.29 is 0 Å². The number of hydrogen-bond acceptors (Lipinski definition) is 4. The first-order valence-electron chi connectivity index (χ1n) is 26.7. The monoisotopic (exact) mass is 893 g/mol. The molecule has 0 saturated heterocycles. The second-order valence-electron chi connectivity index (χ2n) is 25.5. The van der Waals surface area contributed by atoms with Gasteiger partial charge in [-0.1, -0.05) is 56.5 Å². The van der Waals surface area contributed by atoms with Crippen molar-refractivity contribution in [3.05, 3.63) is 89.5 Å². The number of benzene rings is 4. The molecule has 10 saturated carbocycles. The lowest BCUT2D eigenvalue weighted by molar-refractivity contribution is -0.00526. The smallest absolute Gasteiger partial charge is 0.110 e. The maximum atomic E-state index is 3.16. The van der Waals surface area contributed by atoms with Crippen LogP contribution in [0.25, 0.3) is 10.1 Å². The molecule has 4 heterocycles. The van der Waals surface area contributed by atoms with Gasteiger partial charge in [-0.15, -0.1) is 11.3 Å². The summed E-state index contributed by atoms with van der Waals surface area (Å²) in [5, 5.41) is 7.98. The molecule has 10 aliphatic carbocycles. The van der Waals surface area contributed by atoms with Crippen LogP contribution in [0, 0.1) is 47.3 Å². The van der Waals surface area contributed by atoms with Gasteiger partial charge in [-0.3, -0.25) is 0 Å². The zero-order valence-electron chi connectivity index (χ0n) is 39.5. The Hall–Kier alpha value is -3.33. The predicted octanol–water partition coefficient (Wildman–Crippen LogP) is 14.5. The van der Waals surface area contributed by atoms with Gasteiger partial charge >= 0.3 is 0 Å². The van der Waals surface area contributed by atoms with Crippen molar-refractivity contribution in [1.82, 2.24) is 0 Å². The highest BCUT2D eigenvalue weighted by Crippen LogP contribution is 2.72. The van der Waals surface area contributed by atoms with E-state index in [4.69, 9.17) is 0 Å². The summed E-state index contributed by atoms with van der Waals surface area (Å²) in [6, 6.07) is 31.2. The molecule has 18 rings (SSSR count). The van der Waals surface area contributed by atoms with Gasteiger partial charge in [0, 0.05) is 56.9 Å². The van der Waals surface area contributed by atoms with E-state index in [0.717, 1.165) is 41.4 Å². The Morgan fingerprint density at radius 1 is 0.646 bits per heavy atom. The maximum absolute atomic E-state index is 3.16. The quantitative estimate of drug-likeness (QED) is 0.163. The molecule has 8 bridgehead atoms. The number of anilines is 6. The first-order valence-corrected chi connectivity index (χ1v) is 28.8. The molecule has 0 amide bonds. The van der Waals surface area contributed by atoms with Crippen molar-refractivity contribution >= 4 is 78.7 Å². The summed E-state index contributed by atoms with van der Waals surface area (Å²) >= 11 is 2.10. The van der Waals surface area contributed by atoms with Crippen molar-refractivity contribution in [2.75, 3.05) is 28.8 Å². The molecule has 1 aromatic heterocycles. The van der Waals surface area contributed by atoms with Crippen LogP contribution in [0.3, 0.4) is 0 Å². The first kappa shape index (κ1) is 38.6. The van der Waals surface area contributed by atoms with Crippen LogP contribution in [0.2, 0.25) is 0 Å². The van der Waals surface area contributed by atoms with Crippen LogP contribution in [0.1, 0.15) is 146 Å². The molecule has 3 nitrogen and oxygen atoms in total. The third kappa shape index (κ3) is 4.84. The van der Waals surface area contributed by atoms with Crippen LogP contribution in [0.15, 0.2) is 72.8 Å². The average Bonchev–Trinajstić information content (AvgIpc) is 3.77. The van der Waals surface area contributed by atoms with Gasteiger partial charge in [0.05, 0.1) is 22.6 Å². The molecule has 4 aromatic carbocycles. The van der Waals surface area contributed by atoms with Crippen molar-refractivity contribution in [2.24, 2.45) is 47.3 Å². The lowest BCUT2D eigenvalue weighted by Gasteiger charge is -2.60. The molecule has 0 radical (unpaired) electrons. The van der Waals surface area contributed by atoms with Crippen LogP contribution in [0.4, 0.5) is 33.4 Å². The van der Waals surface area contributed by atoms with Gasteiger partial charge in [0.1, 0.15) is 5.00 Å². The van der Waals surface area contributed by atoms with Gasteiger partial charge in [-0.05, 0) is 228 Å². The van der Waals surface area contributed by atoms with Gasteiger partial charge < -0.3 is 14.7 Å². The average molecular weight is 894 g/mol. The highest BCUT2D eigenvalue weighted by atomic mass is 32.1. The number of thiophene rings is 1. The van der Waals surface area contributed by atoms with Crippen molar-refractivity contribution in [3.63, 3.8) is 0 Å². The first-order chi connectivity index (χ1) is 31.6. The standard InChI is InChI=1S/C60H68N3PS/c1-57-17-16-41-10-5-7-14-47(41)58(57,2)63-50-26-43(60-32-38-21-39(33-60)23-40(22-38)34-60)25-49-55(50)64(51-28-45(61(3)4)27-48(57)53(51)63)54-46-13-6-8-15-52(46)65-56(54)62(49)44-12-9-11-42(24-44)59-29-35-18-36(30-59)20-37(19-35)31-59/h6,8-9,11-13,15,24-28,35-41,47H,5,7,10,14,16-23,29-34H2,1-4H3. The molecule has 0 spiro atoms. The zero-order chi connectivity index (χ0) is 42.9. The predicted molar refractivity (Wildman–Crippen MR) is 275 cm³/mol. The Morgan fingerprint density at radius 2 is 1.29 bits per heavy atom. The van der Waals surface area contributed by atoms with E-state index in [2.05, 4.69) is 127 Å². The van der Waals surface area contributed by atoms with Crippen molar-refractivity contribution in [3.8, 4) is 0 Å². The fourth-order valence-electron chi connectivity index (χ4n) is 20.0. The second-order valence-corrected chi connectivity index (χ2v) is 28.6. The molecule has 5 unspecified atom stereocenters. The molecule has 0 N–H and O–H groups in total. The summed E-state index contributed by atoms with van der Waals surface area (Å²) < 4.78 is 1.46. The van der Waals surface area contributed by atoms with Crippen molar-refractivity contribution in [2.45, 2.75) is 151 Å². The van der Waals surface area contributed by atoms with Gasteiger partial charge in [-0.25, -0.2) is 0 Å². The molecule has 10 fully saturated rings. The summed E-state index contributed by atoms with van der Waals surface area (Å²) in [5.41, 5.74) is 13.5. The Balaban J connectivity index is 1.00. The van der Waals surface area contributed by atoms with Gasteiger partial charge in [0.15, 0.2) is 0 Å². The highest BCUT2D eigenvalue weighted by Gasteiger charge is 2.67. The third-order valence-electron chi connectivity index (χ3n) is 22.0. The molecular weight excluding hydrogens is 826 g/mol. The molecule has 5 atom stereocenters. The second kappa shape index (κ2) is 12.8. The van der Waals surface area contributed by atoms with Crippen LogP contribution >= 0.6 is 19.3 Å². The van der Waals surface area contributed by atoms with E-state index in [0.29, 0.717) is 16.7 Å². The molecule has 65 heavy (non-hydrogen) atoms. The van der Waals surface area contributed by atoms with E-state index in [-0.39, 0.29) is 11.0 Å². The van der Waals surface area contributed by atoms with E-state index < -0.39 is 7.92 Å². The van der Waals surface area contributed by atoms with Crippen LogP contribution in [-0.4, -0.2) is 19.6 Å². The minimum absolute atomic E-state index is 0.0217. The highest BCUT2D eigenvalue weighted by molar-refractivity contribution is 7.82. The largest absolute Gasteiger partial charge is 0.378 e. The van der Waals surface area contributed by atoms with Crippen LogP contribution < -0.4 is 30.6 Å². The fourth-order valence-corrected chi connectivity index (χ4v) is 24.6. The maximum Gasteiger partial charge on any atom is 0.110 e. The SMILES string of the molecule is CN(C)c1cc2c3c(c1)C1(C)CCC4CCCCC4C1(C)N3c1cc(C34CC5CC(CC(C5)C3)C4)cc3c1P2c1c(sc2ccccc12)N3c1cccc(C23CC4CC(CC(C4)C2)C3)c1. The summed E-state index contributed by atoms with van der Waals surface area (Å²) in [7, 11) is 3.77. The number of nitrogens with zero attached hydrogens (tertiary/aromatic N) is 3. The minimum atomic E-state index is -0.842. The van der Waals surface area contributed by atoms with E-state index in [9.17, 15) is 0 Å². The number of hydrogen-bond donors (Lipinski definition) is 0. The van der Waals surface area contributed by atoms with E-state index >= 15 is 0 Å². The topological polar surface area (TPSA) is 9.72 Å². The van der Waals surface area contributed by atoms with Crippen LogP contribution in [-0.2, 0) is 16.2 Å². The molecular formula is C60H68N3PS. The molecule has 5 aromatic rings. The Kier molecular flexibility index (Phi) is 7.63. The summed E-state index contributed by atoms with van der Waals surface area (Å²) in [4.78, 5) is 8.51. The minimum Gasteiger partial charge on any atom is -0.378 e. The fraction of sp³-hybridized carbons (Fsp3) is 0.567. The molecule has 5 heteroatoms. The Bertz CT molecular complexity index is 2820. The Morgan fingerprint density at radius 3 is 1.98 bits per heavy atom. The number of fused-ring (bicyclic) bond motifs is 11. The Labute approximate surface area is 393 Å². The van der Waals surface area contributed by atoms with Gasteiger partial charge in [0.25, 0.3) is 0 Å². The summed E-state index contributed by atoms with van der Waals surface area (Å²) in [6.07, 6.45) is 25.8. The van der Waals surface area contributed by atoms with Crippen LogP contribution in [0.5, 0.6) is 0 Å². The molecule has 334 valence electrons.